The third-order valence-corrected chi connectivity index (χ3v) is 2.64. The Bertz CT molecular complexity index is 453. The van der Waals surface area contributed by atoms with E-state index in [-0.39, 0.29) is 0 Å². The lowest BCUT2D eigenvalue weighted by atomic mass is 10.1. The van der Waals surface area contributed by atoms with Crippen LogP contribution in [0.2, 0.25) is 0 Å². The molecule has 0 bridgehead atoms. The fourth-order valence-electron chi connectivity index (χ4n) is 1.67. The molecule has 4 nitrogen and oxygen atoms in total. The van der Waals surface area contributed by atoms with Crippen LogP contribution < -0.4 is 10.6 Å². The van der Waals surface area contributed by atoms with E-state index in [4.69, 9.17) is 0 Å². The molecule has 0 saturated heterocycles. The van der Waals surface area contributed by atoms with Gasteiger partial charge in [-0.3, -0.25) is 0 Å². The van der Waals surface area contributed by atoms with Gasteiger partial charge in [0.15, 0.2) is 0 Å². The van der Waals surface area contributed by atoms with Crippen molar-refractivity contribution in [1.82, 2.24) is 15.5 Å². The number of rotatable bonds is 6. The van der Waals surface area contributed by atoms with Crippen LogP contribution in [0, 0.1) is 0 Å². The van der Waals surface area contributed by atoms with Crippen molar-refractivity contribution in [3.63, 3.8) is 0 Å². The summed E-state index contributed by atoms with van der Waals surface area (Å²) >= 11 is 0. The third kappa shape index (κ3) is 3.53. The van der Waals surface area contributed by atoms with Gasteiger partial charge >= 0.3 is 0 Å². The Hall–Kier alpha value is -1.94. The molecule has 0 fully saturated rings. The van der Waals surface area contributed by atoms with Gasteiger partial charge in [-0.25, -0.2) is 0 Å². The molecule has 4 heteroatoms. The fourth-order valence-corrected chi connectivity index (χ4v) is 1.67. The molecule has 1 aromatic carbocycles. The second-order valence-corrected chi connectivity index (χ2v) is 4.05. The molecule has 0 radical (unpaired) electrons. The van der Waals surface area contributed by atoms with E-state index >= 15 is 0 Å². The van der Waals surface area contributed by atoms with Crippen molar-refractivity contribution < 1.29 is 0 Å². The predicted octanol–water partition coefficient (Wildman–Crippen LogP) is 2.17. The molecular weight excluding hydrogens is 224 g/mol. The average molecular weight is 242 g/mol. The lowest BCUT2D eigenvalue weighted by Gasteiger charge is -2.05. The summed E-state index contributed by atoms with van der Waals surface area (Å²) in [6.07, 6.45) is 1.07. The van der Waals surface area contributed by atoms with Crippen molar-refractivity contribution in [1.29, 1.82) is 0 Å². The van der Waals surface area contributed by atoms with Gasteiger partial charge in [0, 0.05) is 12.1 Å². The quantitative estimate of drug-likeness (QED) is 0.762. The lowest BCUT2D eigenvalue weighted by molar-refractivity contribution is 0.746. The molecule has 1 heterocycles. The van der Waals surface area contributed by atoms with E-state index < -0.39 is 0 Å². The van der Waals surface area contributed by atoms with Crippen LogP contribution in [0.4, 0.5) is 5.82 Å². The van der Waals surface area contributed by atoms with Crippen molar-refractivity contribution in [3.05, 3.63) is 42.5 Å². The van der Waals surface area contributed by atoms with Gasteiger partial charge in [-0.2, -0.15) is 0 Å². The molecule has 0 amide bonds. The molecule has 0 saturated carbocycles. The Labute approximate surface area is 107 Å². The maximum atomic E-state index is 4.22. The maximum Gasteiger partial charge on any atom is 0.148 e. The number of hydrogen-bond donors (Lipinski definition) is 2. The first-order chi connectivity index (χ1) is 8.90. The Kier molecular flexibility index (Phi) is 4.67. The van der Waals surface area contributed by atoms with Crippen molar-refractivity contribution in [3.8, 4) is 11.3 Å². The van der Waals surface area contributed by atoms with Gasteiger partial charge in [0.25, 0.3) is 0 Å². The summed E-state index contributed by atoms with van der Waals surface area (Å²) in [7, 11) is 1.95. The fraction of sp³-hybridized carbons (Fsp3) is 0.286. The summed E-state index contributed by atoms with van der Waals surface area (Å²) in [6, 6.07) is 14.0. The summed E-state index contributed by atoms with van der Waals surface area (Å²) in [4.78, 5) is 0. The van der Waals surface area contributed by atoms with E-state index in [0.29, 0.717) is 0 Å². The number of nitrogens with one attached hydrogen (secondary N) is 2. The largest absolute Gasteiger partial charge is 0.369 e. The molecule has 0 aliphatic heterocycles. The van der Waals surface area contributed by atoms with Crippen molar-refractivity contribution >= 4 is 5.82 Å². The lowest BCUT2D eigenvalue weighted by Crippen LogP contribution is -2.13. The van der Waals surface area contributed by atoms with E-state index in [0.717, 1.165) is 36.6 Å². The van der Waals surface area contributed by atoms with Crippen molar-refractivity contribution in [2.45, 2.75) is 6.42 Å². The summed E-state index contributed by atoms with van der Waals surface area (Å²) in [5.41, 5.74) is 1.99. The van der Waals surface area contributed by atoms with Gasteiger partial charge in [0.1, 0.15) is 5.82 Å². The molecule has 18 heavy (non-hydrogen) atoms. The van der Waals surface area contributed by atoms with Crippen LogP contribution in [0.3, 0.4) is 0 Å². The Morgan fingerprint density at radius 2 is 1.78 bits per heavy atom. The van der Waals surface area contributed by atoms with Gasteiger partial charge in [0.2, 0.25) is 0 Å². The van der Waals surface area contributed by atoms with E-state index in [9.17, 15) is 0 Å². The first kappa shape index (κ1) is 12.5. The highest BCUT2D eigenvalue weighted by molar-refractivity contribution is 5.59. The highest BCUT2D eigenvalue weighted by Gasteiger charge is 1.99. The summed E-state index contributed by atoms with van der Waals surface area (Å²) in [5.74, 6) is 0.825. The molecule has 2 N–H and O–H groups in total. The van der Waals surface area contributed by atoms with Crippen LogP contribution in [0.5, 0.6) is 0 Å². The van der Waals surface area contributed by atoms with Gasteiger partial charge in [0.05, 0.1) is 5.69 Å². The minimum Gasteiger partial charge on any atom is -0.369 e. The van der Waals surface area contributed by atoms with Crippen LogP contribution in [-0.2, 0) is 0 Å². The second kappa shape index (κ2) is 6.71. The standard InChI is InChI=1S/C14H18N4/c1-15-10-5-11-16-14-9-8-13(17-18-14)12-6-3-2-4-7-12/h2-4,6-9,15H,5,10-11H2,1H3,(H,16,18). The maximum absolute atomic E-state index is 4.22. The van der Waals surface area contributed by atoms with Gasteiger partial charge < -0.3 is 10.6 Å². The molecule has 94 valence electrons. The Balaban J connectivity index is 1.94. The predicted molar refractivity (Wildman–Crippen MR) is 74.5 cm³/mol. The Morgan fingerprint density at radius 3 is 2.44 bits per heavy atom. The monoisotopic (exact) mass is 242 g/mol. The number of nitrogens with zero attached hydrogens (tertiary/aromatic N) is 2. The van der Waals surface area contributed by atoms with E-state index in [2.05, 4.69) is 20.8 Å². The number of anilines is 1. The zero-order chi connectivity index (χ0) is 12.6. The first-order valence-corrected chi connectivity index (χ1v) is 6.18. The number of aromatic nitrogens is 2. The van der Waals surface area contributed by atoms with Crippen LogP contribution in [0.15, 0.2) is 42.5 Å². The molecule has 0 atom stereocenters. The number of hydrogen-bond acceptors (Lipinski definition) is 4. The van der Waals surface area contributed by atoms with Crippen LogP contribution in [-0.4, -0.2) is 30.3 Å². The Morgan fingerprint density at radius 1 is 0.944 bits per heavy atom. The molecule has 0 spiro atoms. The highest BCUT2D eigenvalue weighted by Crippen LogP contribution is 2.15. The van der Waals surface area contributed by atoms with E-state index in [1.807, 2.05) is 49.5 Å². The molecular formula is C14H18N4. The SMILES string of the molecule is CNCCCNc1ccc(-c2ccccc2)nn1. The van der Waals surface area contributed by atoms with Crippen LogP contribution in [0.1, 0.15) is 6.42 Å². The summed E-state index contributed by atoms with van der Waals surface area (Å²) in [6.45, 7) is 1.91. The van der Waals surface area contributed by atoms with Gasteiger partial charge in [-0.1, -0.05) is 30.3 Å². The molecule has 0 unspecified atom stereocenters. The minimum atomic E-state index is 0.825. The van der Waals surface area contributed by atoms with Crippen molar-refractivity contribution in [2.24, 2.45) is 0 Å². The molecule has 0 aliphatic rings. The third-order valence-electron chi connectivity index (χ3n) is 2.64. The molecule has 2 rings (SSSR count). The minimum absolute atomic E-state index is 0.825. The molecule has 1 aromatic heterocycles. The average Bonchev–Trinajstić information content (AvgIpc) is 2.45. The van der Waals surface area contributed by atoms with Crippen LogP contribution >= 0.6 is 0 Å². The van der Waals surface area contributed by atoms with Crippen molar-refractivity contribution in [2.75, 3.05) is 25.5 Å². The smallest absolute Gasteiger partial charge is 0.148 e. The van der Waals surface area contributed by atoms with Crippen LogP contribution in [0.25, 0.3) is 11.3 Å². The van der Waals surface area contributed by atoms with E-state index in [1.54, 1.807) is 0 Å². The van der Waals surface area contributed by atoms with Gasteiger partial charge in [-0.05, 0) is 32.1 Å². The second-order valence-electron chi connectivity index (χ2n) is 4.05. The number of benzene rings is 1. The zero-order valence-corrected chi connectivity index (χ0v) is 10.6. The van der Waals surface area contributed by atoms with Gasteiger partial charge in [-0.15, -0.1) is 10.2 Å². The highest BCUT2D eigenvalue weighted by atomic mass is 15.2. The topological polar surface area (TPSA) is 49.8 Å². The first-order valence-electron chi connectivity index (χ1n) is 6.18. The molecule has 0 aliphatic carbocycles. The summed E-state index contributed by atoms with van der Waals surface area (Å²) < 4.78 is 0. The summed E-state index contributed by atoms with van der Waals surface area (Å²) in [5, 5.41) is 14.7. The molecule has 2 aromatic rings. The van der Waals surface area contributed by atoms with E-state index in [1.165, 1.54) is 0 Å². The normalized spacial score (nSPS) is 10.3. The zero-order valence-electron chi connectivity index (χ0n) is 10.6.